The number of benzene rings is 2. The van der Waals surface area contributed by atoms with Crippen LogP contribution < -0.4 is 10.5 Å². The zero-order valence-corrected chi connectivity index (χ0v) is 13.6. The molecule has 4 heteroatoms. The third kappa shape index (κ3) is 4.83. The highest BCUT2D eigenvalue weighted by Gasteiger charge is 2.11. The molecule has 0 aliphatic carbocycles. The van der Waals surface area contributed by atoms with Crippen molar-refractivity contribution >= 4 is 15.9 Å². The van der Waals surface area contributed by atoms with E-state index in [2.05, 4.69) is 22.0 Å². The van der Waals surface area contributed by atoms with Gasteiger partial charge in [-0.25, -0.2) is 4.39 Å². The van der Waals surface area contributed by atoms with E-state index in [4.69, 9.17) is 10.5 Å². The molecule has 21 heavy (non-hydrogen) atoms. The van der Waals surface area contributed by atoms with E-state index < -0.39 is 0 Å². The number of rotatable bonds is 6. The Kier molecular flexibility index (Phi) is 5.76. The molecule has 0 aromatic heterocycles. The third-order valence-corrected chi connectivity index (χ3v) is 3.90. The quantitative estimate of drug-likeness (QED) is 0.854. The summed E-state index contributed by atoms with van der Waals surface area (Å²) in [4.78, 5) is 0. The summed E-state index contributed by atoms with van der Waals surface area (Å²) in [6, 6.07) is 12.9. The summed E-state index contributed by atoms with van der Waals surface area (Å²) >= 11 is 3.32. The Balaban J connectivity index is 2.08. The Morgan fingerprint density at radius 1 is 1.14 bits per heavy atom. The van der Waals surface area contributed by atoms with Crippen LogP contribution in [0.15, 0.2) is 46.9 Å². The molecule has 2 N–H and O–H groups in total. The third-order valence-electron chi connectivity index (χ3n) is 3.44. The van der Waals surface area contributed by atoms with Gasteiger partial charge in [-0.05, 0) is 66.8 Å². The number of ether oxygens (including phenoxy) is 1. The molecule has 2 aromatic rings. The summed E-state index contributed by atoms with van der Waals surface area (Å²) in [7, 11) is 1.66. The fourth-order valence-electron chi connectivity index (χ4n) is 2.43. The van der Waals surface area contributed by atoms with Gasteiger partial charge in [0.15, 0.2) is 0 Å². The molecule has 1 atom stereocenters. The van der Waals surface area contributed by atoms with E-state index in [1.807, 2.05) is 24.3 Å². The molecule has 2 rings (SSSR count). The topological polar surface area (TPSA) is 35.2 Å². The van der Waals surface area contributed by atoms with Crippen molar-refractivity contribution < 1.29 is 9.13 Å². The summed E-state index contributed by atoms with van der Waals surface area (Å²) in [6.07, 6.45) is 1.60. The van der Waals surface area contributed by atoms with Gasteiger partial charge in [-0.15, -0.1) is 0 Å². The van der Waals surface area contributed by atoms with Crippen molar-refractivity contribution in [2.45, 2.75) is 12.8 Å². The molecule has 0 aliphatic heterocycles. The largest absolute Gasteiger partial charge is 0.497 e. The first-order chi connectivity index (χ1) is 10.1. The van der Waals surface area contributed by atoms with E-state index in [0.29, 0.717) is 6.54 Å². The van der Waals surface area contributed by atoms with E-state index in [9.17, 15) is 4.39 Å². The number of methoxy groups -OCH3 is 1. The van der Waals surface area contributed by atoms with Crippen LogP contribution in [0.4, 0.5) is 4.39 Å². The first-order valence-electron chi connectivity index (χ1n) is 6.88. The first-order valence-corrected chi connectivity index (χ1v) is 7.68. The van der Waals surface area contributed by atoms with Gasteiger partial charge >= 0.3 is 0 Å². The van der Waals surface area contributed by atoms with Gasteiger partial charge in [0.05, 0.1) is 7.11 Å². The van der Waals surface area contributed by atoms with Crippen molar-refractivity contribution in [1.82, 2.24) is 0 Å². The minimum atomic E-state index is -0.225. The number of nitrogens with two attached hydrogens (primary N) is 1. The maximum absolute atomic E-state index is 13.4. The summed E-state index contributed by atoms with van der Waals surface area (Å²) < 4.78 is 19.4. The van der Waals surface area contributed by atoms with Gasteiger partial charge in [0, 0.05) is 4.47 Å². The molecule has 0 amide bonds. The predicted octanol–water partition coefficient (Wildman–Crippen LogP) is 3.96. The highest BCUT2D eigenvalue weighted by atomic mass is 79.9. The SMILES string of the molecule is COc1cccc(CC(CN)Cc2cc(F)cc(Br)c2)c1. The molecule has 0 spiro atoms. The smallest absolute Gasteiger partial charge is 0.124 e. The van der Waals surface area contributed by atoms with Crippen molar-refractivity contribution in [2.24, 2.45) is 11.7 Å². The van der Waals surface area contributed by atoms with Crippen LogP contribution in [-0.2, 0) is 12.8 Å². The van der Waals surface area contributed by atoms with Crippen molar-refractivity contribution in [3.63, 3.8) is 0 Å². The average Bonchev–Trinajstić information content (AvgIpc) is 2.45. The second-order valence-corrected chi connectivity index (χ2v) is 6.05. The van der Waals surface area contributed by atoms with Gasteiger partial charge in [-0.3, -0.25) is 0 Å². The van der Waals surface area contributed by atoms with Gasteiger partial charge in [0.25, 0.3) is 0 Å². The van der Waals surface area contributed by atoms with Gasteiger partial charge in [-0.2, -0.15) is 0 Å². The minimum absolute atomic E-state index is 0.225. The van der Waals surface area contributed by atoms with E-state index >= 15 is 0 Å². The molecule has 0 heterocycles. The minimum Gasteiger partial charge on any atom is -0.497 e. The lowest BCUT2D eigenvalue weighted by Crippen LogP contribution is -2.19. The molecule has 0 saturated carbocycles. The van der Waals surface area contributed by atoms with Crippen LogP contribution in [-0.4, -0.2) is 13.7 Å². The molecule has 0 bridgehead atoms. The lowest BCUT2D eigenvalue weighted by Gasteiger charge is -2.16. The highest BCUT2D eigenvalue weighted by molar-refractivity contribution is 9.10. The molecule has 1 unspecified atom stereocenters. The standard InChI is InChI=1S/C17H19BrFNO/c1-21-17-4-2-3-12(9-17)5-14(11-20)6-13-7-15(18)10-16(19)8-13/h2-4,7-10,14H,5-6,11,20H2,1H3. The second kappa shape index (κ2) is 7.57. The summed E-state index contributed by atoms with van der Waals surface area (Å²) in [5, 5.41) is 0. The molecule has 2 nitrogen and oxygen atoms in total. The fourth-order valence-corrected chi connectivity index (χ4v) is 2.95. The van der Waals surface area contributed by atoms with E-state index in [-0.39, 0.29) is 11.7 Å². The average molecular weight is 352 g/mol. The zero-order valence-electron chi connectivity index (χ0n) is 12.0. The maximum atomic E-state index is 13.4. The molecule has 0 saturated heterocycles. The molecule has 0 fully saturated rings. The van der Waals surface area contributed by atoms with Crippen LogP contribution in [0.2, 0.25) is 0 Å². The van der Waals surface area contributed by atoms with Gasteiger partial charge < -0.3 is 10.5 Å². The van der Waals surface area contributed by atoms with Crippen LogP contribution in [0, 0.1) is 11.7 Å². The summed E-state index contributed by atoms with van der Waals surface area (Å²) in [5.74, 6) is 0.888. The Morgan fingerprint density at radius 2 is 1.90 bits per heavy atom. The summed E-state index contributed by atoms with van der Waals surface area (Å²) in [5.41, 5.74) is 8.02. The molecule has 0 radical (unpaired) electrons. The monoisotopic (exact) mass is 351 g/mol. The Bertz CT molecular complexity index is 583. The van der Waals surface area contributed by atoms with Crippen LogP contribution in [0.5, 0.6) is 5.75 Å². The van der Waals surface area contributed by atoms with E-state index in [1.165, 1.54) is 11.6 Å². The van der Waals surface area contributed by atoms with Crippen LogP contribution in [0.1, 0.15) is 11.1 Å². The first kappa shape index (κ1) is 16.0. The molecule has 112 valence electrons. The fraction of sp³-hybridized carbons (Fsp3) is 0.294. The number of halogens is 2. The van der Waals surface area contributed by atoms with Gasteiger partial charge in [0.1, 0.15) is 11.6 Å². The van der Waals surface area contributed by atoms with E-state index in [0.717, 1.165) is 28.6 Å². The normalized spacial score (nSPS) is 12.2. The molecular formula is C17H19BrFNO. The van der Waals surface area contributed by atoms with Crippen molar-refractivity contribution in [3.8, 4) is 5.75 Å². The predicted molar refractivity (Wildman–Crippen MR) is 87.0 cm³/mol. The molecule has 2 aromatic carbocycles. The second-order valence-electron chi connectivity index (χ2n) is 5.14. The van der Waals surface area contributed by atoms with Crippen molar-refractivity contribution in [2.75, 3.05) is 13.7 Å². The highest BCUT2D eigenvalue weighted by Crippen LogP contribution is 2.21. The van der Waals surface area contributed by atoms with Crippen molar-refractivity contribution in [1.29, 1.82) is 0 Å². The van der Waals surface area contributed by atoms with Gasteiger partial charge in [0.2, 0.25) is 0 Å². The van der Waals surface area contributed by atoms with Crippen LogP contribution in [0.25, 0.3) is 0 Å². The van der Waals surface area contributed by atoms with Crippen molar-refractivity contribution in [3.05, 3.63) is 63.9 Å². The van der Waals surface area contributed by atoms with Crippen LogP contribution >= 0.6 is 15.9 Å². The van der Waals surface area contributed by atoms with E-state index in [1.54, 1.807) is 13.2 Å². The zero-order chi connectivity index (χ0) is 15.2. The molecular weight excluding hydrogens is 333 g/mol. The lowest BCUT2D eigenvalue weighted by atomic mass is 9.92. The Morgan fingerprint density at radius 3 is 2.57 bits per heavy atom. The number of hydrogen-bond donors (Lipinski definition) is 1. The maximum Gasteiger partial charge on any atom is 0.124 e. The van der Waals surface area contributed by atoms with Gasteiger partial charge in [-0.1, -0.05) is 28.1 Å². The summed E-state index contributed by atoms with van der Waals surface area (Å²) in [6.45, 7) is 0.561. The Labute approximate surface area is 133 Å². The lowest BCUT2D eigenvalue weighted by molar-refractivity contribution is 0.413. The molecule has 0 aliphatic rings. The Hall–Kier alpha value is -1.39. The van der Waals surface area contributed by atoms with Crippen LogP contribution in [0.3, 0.4) is 0 Å². The number of hydrogen-bond acceptors (Lipinski definition) is 2.